The van der Waals surface area contributed by atoms with Gasteiger partial charge in [0.05, 0.1) is 12.6 Å². The van der Waals surface area contributed by atoms with E-state index in [0.717, 1.165) is 25.7 Å². The molecule has 0 bridgehead atoms. The molecule has 0 spiro atoms. The second kappa shape index (κ2) is 7.52. The Labute approximate surface area is 148 Å². The van der Waals surface area contributed by atoms with E-state index in [1.54, 1.807) is 25.2 Å². The Bertz CT molecular complexity index is 651. The Balaban J connectivity index is 1.67. The van der Waals surface area contributed by atoms with Gasteiger partial charge in [0.1, 0.15) is 5.82 Å². The van der Waals surface area contributed by atoms with Gasteiger partial charge in [-0.05, 0) is 31.2 Å². The molecule has 2 N–H and O–H groups in total. The second-order valence-electron chi connectivity index (χ2n) is 7.28. The third-order valence-corrected chi connectivity index (χ3v) is 5.66. The minimum atomic E-state index is -0.362. The summed E-state index contributed by atoms with van der Waals surface area (Å²) in [5.41, 5.74) is 6.07. The highest BCUT2D eigenvalue weighted by molar-refractivity contribution is 5.83. The fourth-order valence-electron chi connectivity index (χ4n) is 4.31. The van der Waals surface area contributed by atoms with Crippen molar-refractivity contribution in [2.24, 2.45) is 11.7 Å². The van der Waals surface area contributed by atoms with Crippen LogP contribution in [0.4, 0.5) is 4.39 Å². The van der Waals surface area contributed by atoms with E-state index in [1.807, 2.05) is 4.90 Å². The number of nitrogens with two attached hydrogens (primary N) is 1. The molecule has 1 saturated heterocycles. The summed E-state index contributed by atoms with van der Waals surface area (Å²) in [4.78, 5) is 28.0. The van der Waals surface area contributed by atoms with Gasteiger partial charge < -0.3 is 10.6 Å². The molecule has 5 nitrogen and oxygen atoms in total. The van der Waals surface area contributed by atoms with Crippen LogP contribution in [0, 0.1) is 11.7 Å². The van der Waals surface area contributed by atoms with E-state index in [-0.39, 0.29) is 42.8 Å². The number of amides is 2. The number of halogens is 1. The molecule has 2 amide bonds. The summed E-state index contributed by atoms with van der Waals surface area (Å²) in [6.45, 7) is 0.383. The fraction of sp³-hybridized carbons (Fsp3) is 0.579. The predicted molar refractivity (Wildman–Crippen MR) is 92.9 cm³/mol. The topological polar surface area (TPSA) is 66.6 Å². The summed E-state index contributed by atoms with van der Waals surface area (Å²) < 4.78 is 13.8. The molecule has 1 saturated carbocycles. The Kier molecular flexibility index (Phi) is 5.37. The monoisotopic (exact) mass is 347 g/mol. The van der Waals surface area contributed by atoms with E-state index in [9.17, 15) is 14.0 Å². The average molecular weight is 347 g/mol. The van der Waals surface area contributed by atoms with Crippen LogP contribution in [-0.2, 0) is 16.1 Å². The first-order chi connectivity index (χ1) is 12.0. The normalized spacial score (nSPS) is 26.2. The van der Waals surface area contributed by atoms with E-state index >= 15 is 0 Å². The van der Waals surface area contributed by atoms with Crippen molar-refractivity contribution >= 4 is 11.8 Å². The molecule has 136 valence electrons. The van der Waals surface area contributed by atoms with Gasteiger partial charge in [-0.2, -0.15) is 0 Å². The zero-order chi connectivity index (χ0) is 18.0. The van der Waals surface area contributed by atoms with Crippen LogP contribution in [-0.4, -0.2) is 47.3 Å². The molecule has 2 aliphatic rings. The molecule has 1 aromatic rings. The van der Waals surface area contributed by atoms with Gasteiger partial charge in [0.15, 0.2) is 0 Å². The number of fused-ring (bicyclic) bond motifs is 1. The maximum atomic E-state index is 13.8. The lowest BCUT2D eigenvalue weighted by molar-refractivity contribution is -0.133. The van der Waals surface area contributed by atoms with Crippen LogP contribution >= 0.6 is 0 Å². The summed E-state index contributed by atoms with van der Waals surface area (Å²) in [6.07, 6.45) is 5.18. The molecule has 1 heterocycles. The smallest absolute Gasteiger partial charge is 0.236 e. The van der Waals surface area contributed by atoms with Crippen molar-refractivity contribution in [3.63, 3.8) is 0 Å². The first kappa shape index (κ1) is 17.9. The SMILES string of the molecule is CN(Cc1ccccc1F)C(=O)CN1[C@@H]2CCCC[C@@H]2C[C@H]1C(N)=O. The fourth-order valence-corrected chi connectivity index (χ4v) is 4.31. The molecular weight excluding hydrogens is 321 g/mol. The van der Waals surface area contributed by atoms with Crippen molar-refractivity contribution in [3.05, 3.63) is 35.6 Å². The predicted octanol–water partition coefficient (Wildman–Crippen LogP) is 1.90. The van der Waals surface area contributed by atoms with E-state index in [0.29, 0.717) is 11.5 Å². The summed E-state index contributed by atoms with van der Waals surface area (Å²) in [5, 5.41) is 0. The lowest BCUT2D eigenvalue weighted by atomic mass is 9.84. The number of nitrogens with zero attached hydrogens (tertiary/aromatic N) is 2. The van der Waals surface area contributed by atoms with Gasteiger partial charge in [-0.25, -0.2) is 4.39 Å². The zero-order valence-corrected chi connectivity index (χ0v) is 14.7. The van der Waals surface area contributed by atoms with Gasteiger partial charge in [0.25, 0.3) is 0 Å². The number of likely N-dealkylation sites (tertiary alicyclic amines) is 1. The molecule has 25 heavy (non-hydrogen) atoms. The van der Waals surface area contributed by atoms with Gasteiger partial charge in [0, 0.05) is 25.2 Å². The second-order valence-corrected chi connectivity index (χ2v) is 7.28. The van der Waals surface area contributed by atoms with E-state index in [4.69, 9.17) is 5.73 Å². The average Bonchev–Trinajstić information content (AvgIpc) is 2.96. The van der Waals surface area contributed by atoms with Crippen LogP contribution < -0.4 is 5.73 Å². The quantitative estimate of drug-likeness (QED) is 0.885. The molecule has 3 atom stereocenters. The van der Waals surface area contributed by atoms with E-state index in [1.165, 1.54) is 17.4 Å². The minimum absolute atomic E-state index is 0.110. The van der Waals surface area contributed by atoms with Gasteiger partial charge in [-0.3, -0.25) is 14.5 Å². The van der Waals surface area contributed by atoms with Crippen LogP contribution in [0.3, 0.4) is 0 Å². The number of likely N-dealkylation sites (N-methyl/N-ethyl adjacent to an activating group) is 1. The standard InChI is InChI=1S/C19H26FN3O2/c1-22(11-14-7-2-4-8-15(14)20)18(24)12-23-16-9-5-3-6-13(16)10-17(23)19(21)25/h2,4,7-8,13,16-17H,3,5-6,9-12H2,1H3,(H2,21,25)/t13-,16-,17+/m1/s1. The van der Waals surface area contributed by atoms with Crippen LogP contribution in [0.2, 0.25) is 0 Å². The maximum absolute atomic E-state index is 13.8. The molecule has 1 aliphatic heterocycles. The summed E-state index contributed by atoms with van der Waals surface area (Å²) in [5.74, 6) is -0.318. The molecule has 6 heteroatoms. The molecule has 0 radical (unpaired) electrons. The molecule has 1 aliphatic carbocycles. The number of carbonyl (C=O) groups is 2. The first-order valence-corrected chi connectivity index (χ1v) is 9.00. The molecule has 3 rings (SSSR count). The highest BCUT2D eigenvalue weighted by Gasteiger charge is 2.45. The molecule has 0 aromatic heterocycles. The van der Waals surface area contributed by atoms with Crippen molar-refractivity contribution in [1.29, 1.82) is 0 Å². The Hall–Kier alpha value is -1.95. The molecule has 0 unspecified atom stereocenters. The molecule has 2 fully saturated rings. The largest absolute Gasteiger partial charge is 0.368 e. The van der Waals surface area contributed by atoms with Crippen LogP contribution in [0.15, 0.2) is 24.3 Å². The Morgan fingerprint density at radius 2 is 2.00 bits per heavy atom. The number of hydrogen-bond donors (Lipinski definition) is 1. The van der Waals surface area contributed by atoms with Crippen LogP contribution in [0.1, 0.15) is 37.7 Å². The zero-order valence-electron chi connectivity index (χ0n) is 14.7. The van der Waals surface area contributed by atoms with Crippen molar-refractivity contribution in [2.45, 2.75) is 50.7 Å². The van der Waals surface area contributed by atoms with Gasteiger partial charge in [-0.1, -0.05) is 31.0 Å². The van der Waals surface area contributed by atoms with Crippen molar-refractivity contribution < 1.29 is 14.0 Å². The van der Waals surface area contributed by atoms with Crippen LogP contribution in [0.5, 0.6) is 0 Å². The molecule has 1 aromatic carbocycles. The van der Waals surface area contributed by atoms with Crippen molar-refractivity contribution in [1.82, 2.24) is 9.80 Å². The van der Waals surface area contributed by atoms with E-state index < -0.39 is 0 Å². The van der Waals surface area contributed by atoms with Gasteiger partial charge in [0.2, 0.25) is 11.8 Å². The minimum Gasteiger partial charge on any atom is -0.368 e. The lowest BCUT2D eigenvalue weighted by Gasteiger charge is -2.33. The Morgan fingerprint density at radius 3 is 2.72 bits per heavy atom. The first-order valence-electron chi connectivity index (χ1n) is 9.00. The van der Waals surface area contributed by atoms with Crippen molar-refractivity contribution in [3.8, 4) is 0 Å². The number of carbonyl (C=O) groups excluding carboxylic acids is 2. The molecular formula is C19H26FN3O2. The Morgan fingerprint density at radius 1 is 1.28 bits per heavy atom. The van der Waals surface area contributed by atoms with Gasteiger partial charge >= 0.3 is 0 Å². The van der Waals surface area contributed by atoms with Gasteiger partial charge in [-0.15, -0.1) is 0 Å². The summed E-state index contributed by atoms with van der Waals surface area (Å²) in [6, 6.07) is 6.36. The highest BCUT2D eigenvalue weighted by atomic mass is 19.1. The maximum Gasteiger partial charge on any atom is 0.236 e. The number of primary amides is 1. The number of benzene rings is 1. The summed E-state index contributed by atoms with van der Waals surface area (Å²) >= 11 is 0. The lowest BCUT2D eigenvalue weighted by Crippen LogP contribution is -2.49. The summed E-state index contributed by atoms with van der Waals surface area (Å²) in [7, 11) is 1.67. The van der Waals surface area contributed by atoms with Crippen LogP contribution in [0.25, 0.3) is 0 Å². The highest BCUT2D eigenvalue weighted by Crippen LogP contribution is 2.39. The van der Waals surface area contributed by atoms with E-state index in [2.05, 4.69) is 0 Å². The number of rotatable bonds is 5. The third-order valence-electron chi connectivity index (χ3n) is 5.66. The van der Waals surface area contributed by atoms with Crippen molar-refractivity contribution in [2.75, 3.05) is 13.6 Å². The third kappa shape index (κ3) is 3.84. The number of hydrogen-bond acceptors (Lipinski definition) is 3.